The van der Waals surface area contributed by atoms with E-state index < -0.39 is 0 Å². The van der Waals surface area contributed by atoms with Crippen molar-refractivity contribution in [3.8, 4) is 0 Å². The summed E-state index contributed by atoms with van der Waals surface area (Å²) in [6.45, 7) is 0. The van der Waals surface area contributed by atoms with E-state index in [4.69, 9.17) is 5.73 Å². The number of halogens is 1. The van der Waals surface area contributed by atoms with Crippen LogP contribution in [0.1, 0.15) is 18.0 Å². The lowest BCUT2D eigenvalue weighted by atomic mass is 10.0. The molecule has 4 heteroatoms. The van der Waals surface area contributed by atoms with Crippen LogP contribution in [-0.4, -0.2) is 11.9 Å². The Kier molecular flexibility index (Phi) is 2.56. The lowest BCUT2D eigenvalue weighted by molar-refractivity contribution is -0.119. The molecule has 0 radical (unpaired) electrons. The number of nitrogens with one attached hydrogen (secondary N) is 1. The topological polar surface area (TPSA) is 55.1 Å². The standard InChI is InChI=1S/C10H11BrN2O/c11-7-3-1-2-6(4-7)10-8(12)5-9(14)13-10/h1-4,8,10H,5,12H2,(H,13,14). The highest BCUT2D eigenvalue weighted by Gasteiger charge is 2.30. The van der Waals surface area contributed by atoms with Gasteiger partial charge in [-0.1, -0.05) is 28.1 Å². The summed E-state index contributed by atoms with van der Waals surface area (Å²) >= 11 is 3.39. The van der Waals surface area contributed by atoms with Gasteiger partial charge in [-0.05, 0) is 17.7 Å². The SMILES string of the molecule is NC1CC(=O)NC1c1cccc(Br)c1. The first-order valence-electron chi connectivity index (χ1n) is 4.47. The first-order valence-corrected chi connectivity index (χ1v) is 5.26. The van der Waals surface area contributed by atoms with Gasteiger partial charge in [0.25, 0.3) is 0 Å². The molecule has 1 aliphatic rings. The normalized spacial score (nSPS) is 26.3. The van der Waals surface area contributed by atoms with E-state index in [9.17, 15) is 4.79 Å². The number of rotatable bonds is 1. The highest BCUT2D eigenvalue weighted by molar-refractivity contribution is 9.10. The van der Waals surface area contributed by atoms with Crippen LogP contribution in [0.25, 0.3) is 0 Å². The molecular weight excluding hydrogens is 244 g/mol. The van der Waals surface area contributed by atoms with Gasteiger partial charge >= 0.3 is 0 Å². The van der Waals surface area contributed by atoms with E-state index in [2.05, 4.69) is 21.2 Å². The number of amides is 1. The summed E-state index contributed by atoms with van der Waals surface area (Å²) in [6.07, 6.45) is 0.414. The third kappa shape index (κ3) is 1.81. The minimum atomic E-state index is -0.114. The molecule has 1 aromatic rings. The Morgan fingerprint density at radius 1 is 1.50 bits per heavy atom. The number of carbonyl (C=O) groups is 1. The summed E-state index contributed by atoms with van der Waals surface area (Å²) < 4.78 is 1.00. The van der Waals surface area contributed by atoms with Gasteiger partial charge in [0.15, 0.2) is 0 Å². The third-order valence-corrected chi connectivity index (χ3v) is 2.87. The fourth-order valence-electron chi connectivity index (χ4n) is 1.70. The second kappa shape index (κ2) is 3.71. The molecule has 74 valence electrons. The van der Waals surface area contributed by atoms with Gasteiger partial charge in [-0.15, -0.1) is 0 Å². The molecule has 1 fully saturated rings. The first-order chi connectivity index (χ1) is 6.66. The predicted octanol–water partition coefficient (Wildman–Crippen LogP) is 1.34. The summed E-state index contributed by atoms with van der Waals surface area (Å²) in [4.78, 5) is 11.1. The molecule has 1 aliphatic heterocycles. The van der Waals surface area contributed by atoms with Crippen LogP contribution < -0.4 is 11.1 Å². The fraction of sp³-hybridized carbons (Fsp3) is 0.300. The van der Waals surface area contributed by atoms with Gasteiger partial charge in [-0.2, -0.15) is 0 Å². The molecule has 1 saturated heterocycles. The molecule has 2 rings (SSSR count). The minimum Gasteiger partial charge on any atom is -0.348 e. The monoisotopic (exact) mass is 254 g/mol. The first kappa shape index (κ1) is 9.68. The highest BCUT2D eigenvalue weighted by atomic mass is 79.9. The number of nitrogens with two attached hydrogens (primary N) is 1. The van der Waals surface area contributed by atoms with Crippen LogP contribution in [0.3, 0.4) is 0 Å². The zero-order chi connectivity index (χ0) is 10.1. The Balaban J connectivity index is 2.27. The number of carbonyl (C=O) groups excluding carboxylic acids is 1. The molecular formula is C10H11BrN2O. The Hall–Kier alpha value is -0.870. The average Bonchev–Trinajstić information content (AvgIpc) is 2.45. The summed E-state index contributed by atoms with van der Waals surface area (Å²) in [6, 6.07) is 7.69. The van der Waals surface area contributed by atoms with E-state index >= 15 is 0 Å². The highest BCUT2D eigenvalue weighted by Crippen LogP contribution is 2.24. The lowest BCUT2D eigenvalue weighted by Gasteiger charge is -2.15. The Labute approximate surface area is 90.8 Å². The van der Waals surface area contributed by atoms with Crippen LogP contribution >= 0.6 is 15.9 Å². The average molecular weight is 255 g/mol. The van der Waals surface area contributed by atoms with Gasteiger partial charge in [-0.3, -0.25) is 4.79 Å². The van der Waals surface area contributed by atoms with Crippen LogP contribution in [0.5, 0.6) is 0 Å². The van der Waals surface area contributed by atoms with Crippen molar-refractivity contribution in [2.24, 2.45) is 5.73 Å². The predicted molar refractivity (Wildman–Crippen MR) is 57.6 cm³/mol. The molecule has 1 amide bonds. The van der Waals surface area contributed by atoms with Crippen molar-refractivity contribution in [1.29, 1.82) is 0 Å². The lowest BCUT2D eigenvalue weighted by Crippen LogP contribution is -2.28. The molecule has 0 bridgehead atoms. The summed E-state index contributed by atoms with van der Waals surface area (Å²) in [5.41, 5.74) is 6.91. The number of benzene rings is 1. The van der Waals surface area contributed by atoms with E-state index in [0.29, 0.717) is 6.42 Å². The van der Waals surface area contributed by atoms with E-state index in [1.807, 2.05) is 24.3 Å². The summed E-state index contributed by atoms with van der Waals surface area (Å²) in [5.74, 6) is 0.0301. The smallest absolute Gasteiger partial charge is 0.222 e. The van der Waals surface area contributed by atoms with Crippen molar-refractivity contribution in [3.63, 3.8) is 0 Å². The van der Waals surface area contributed by atoms with Crippen molar-refractivity contribution in [3.05, 3.63) is 34.3 Å². The molecule has 0 saturated carbocycles. The Bertz CT molecular complexity index is 367. The van der Waals surface area contributed by atoms with Crippen molar-refractivity contribution in [2.75, 3.05) is 0 Å². The van der Waals surface area contributed by atoms with E-state index in [-0.39, 0.29) is 18.0 Å². The maximum Gasteiger partial charge on any atom is 0.222 e. The summed E-state index contributed by atoms with van der Waals surface area (Å²) in [7, 11) is 0. The van der Waals surface area contributed by atoms with Crippen molar-refractivity contribution in [1.82, 2.24) is 5.32 Å². The quantitative estimate of drug-likeness (QED) is 0.795. The molecule has 3 N–H and O–H groups in total. The van der Waals surface area contributed by atoms with Crippen LogP contribution in [0.2, 0.25) is 0 Å². The zero-order valence-corrected chi connectivity index (χ0v) is 9.12. The van der Waals surface area contributed by atoms with Crippen LogP contribution in [0.4, 0.5) is 0 Å². The second-order valence-corrected chi connectivity index (χ2v) is 4.38. The van der Waals surface area contributed by atoms with Gasteiger partial charge in [0.05, 0.1) is 6.04 Å². The largest absolute Gasteiger partial charge is 0.348 e. The molecule has 14 heavy (non-hydrogen) atoms. The second-order valence-electron chi connectivity index (χ2n) is 3.47. The Morgan fingerprint density at radius 2 is 2.29 bits per heavy atom. The molecule has 2 unspecified atom stereocenters. The van der Waals surface area contributed by atoms with E-state index in [1.165, 1.54) is 0 Å². The van der Waals surface area contributed by atoms with Gasteiger partial charge in [0.2, 0.25) is 5.91 Å². The molecule has 0 aliphatic carbocycles. The number of hydrogen-bond acceptors (Lipinski definition) is 2. The Morgan fingerprint density at radius 3 is 2.86 bits per heavy atom. The van der Waals surface area contributed by atoms with Crippen LogP contribution in [-0.2, 0) is 4.79 Å². The van der Waals surface area contributed by atoms with Crippen molar-refractivity contribution in [2.45, 2.75) is 18.5 Å². The molecule has 0 spiro atoms. The van der Waals surface area contributed by atoms with Gasteiger partial charge in [0, 0.05) is 16.9 Å². The fourth-order valence-corrected chi connectivity index (χ4v) is 2.12. The van der Waals surface area contributed by atoms with Gasteiger partial charge in [-0.25, -0.2) is 0 Å². The van der Waals surface area contributed by atoms with Crippen molar-refractivity contribution >= 4 is 21.8 Å². The molecule has 0 aromatic heterocycles. The van der Waals surface area contributed by atoms with Crippen LogP contribution in [0, 0.1) is 0 Å². The summed E-state index contributed by atoms with van der Waals surface area (Å²) in [5, 5.41) is 2.86. The van der Waals surface area contributed by atoms with E-state index in [0.717, 1.165) is 10.0 Å². The maximum atomic E-state index is 11.1. The molecule has 1 aromatic carbocycles. The molecule has 2 atom stereocenters. The van der Waals surface area contributed by atoms with E-state index in [1.54, 1.807) is 0 Å². The maximum absolute atomic E-state index is 11.1. The zero-order valence-electron chi connectivity index (χ0n) is 7.53. The van der Waals surface area contributed by atoms with Crippen molar-refractivity contribution < 1.29 is 4.79 Å². The third-order valence-electron chi connectivity index (χ3n) is 2.37. The van der Waals surface area contributed by atoms with Gasteiger partial charge in [0.1, 0.15) is 0 Å². The van der Waals surface area contributed by atoms with Crippen LogP contribution in [0.15, 0.2) is 28.7 Å². The molecule has 3 nitrogen and oxygen atoms in total. The van der Waals surface area contributed by atoms with Gasteiger partial charge < -0.3 is 11.1 Å². The number of hydrogen-bond donors (Lipinski definition) is 2. The minimum absolute atomic E-state index is 0.0301. The molecule has 1 heterocycles.